The molecule has 0 aliphatic carbocycles. The highest BCUT2D eigenvalue weighted by Crippen LogP contribution is 2.43. The standard InChI is InChI=1S/C20H32ClN5O5/c1-19(30)12-20(31-11-15(19)26-10-13(21)16(27)24-18(26)29)5-8-25(9-6-20)17(28)14(23)4-2-3-7-22/h10,14-15,30H,2-9,11-12,22-23H2,1H3,(H,24,27,29)/t14-,15-,19-/m0/s1. The van der Waals surface area contributed by atoms with Gasteiger partial charge in [-0.25, -0.2) is 4.79 Å². The fraction of sp³-hybridized carbons (Fsp3) is 0.750. The van der Waals surface area contributed by atoms with Crippen molar-refractivity contribution in [3.63, 3.8) is 0 Å². The molecule has 2 fully saturated rings. The van der Waals surface area contributed by atoms with Gasteiger partial charge in [-0.2, -0.15) is 0 Å². The van der Waals surface area contributed by atoms with Gasteiger partial charge < -0.3 is 26.2 Å². The Hall–Kier alpha value is -1.72. The number of nitrogens with zero attached hydrogens (tertiary/aromatic N) is 2. The van der Waals surface area contributed by atoms with Crippen molar-refractivity contribution in [3.8, 4) is 0 Å². The molecule has 0 saturated carbocycles. The van der Waals surface area contributed by atoms with E-state index in [0.717, 1.165) is 12.8 Å². The van der Waals surface area contributed by atoms with Crippen molar-refractivity contribution < 1.29 is 14.6 Å². The molecule has 3 atom stereocenters. The molecule has 2 aliphatic rings. The van der Waals surface area contributed by atoms with Crippen molar-refractivity contribution >= 4 is 17.5 Å². The summed E-state index contributed by atoms with van der Waals surface area (Å²) < 4.78 is 7.38. The minimum Gasteiger partial charge on any atom is -0.388 e. The molecule has 1 aromatic heterocycles. The molecule has 3 heterocycles. The molecule has 6 N–H and O–H groups in total. The number of halogens is 1. The van der Waals surface area contributed by atoms with E-state index in [0.29, 0.717) is 45.3 Å². The van der Waals surface area contributed by atoms with Crippen LogP contribution in [-0.2, 0) is 9.53 Å². The highest BCUT2D eigenvalue weighted by atomic mass is 35.5. The number of nitrogens with two attached hydrogens (primary N) is 2. The molecule has 10 nitrogen and oxygen atoms in total. The highest BCUT2D eigenvalue weighted by molar-refractivity contribution is 6.30. The molecule has 2 aliphatic heterocycles. The molecule has 2 saturated heterocycles. The largest absolute Gasteiger partial charge is 0.388 e. The predicted molar refractivity (Wildman–Crippen MR) is 116 cm³/mol. The van der Waals surface area contributed by atoms with Crippen molar-refractivity contribution in [2.75, 3.05) is 26.2 Å². The summed E-state index contributed by atoms with van der Waals surface area (Å²) >= 11 is 5.87. The molecule has 0 unspecified atom stereocenters. The van der Waals surface area contributed by atoms with Crippen LogP contribution in [0.4, 0.5) is 0 Å². The SMILES string of the molecule is C[C@]1(O)CC2(CCN(C(=O)[C@@H](N)CCCCN)CC2)OC[C@@H]1n1cc(Cl)c(=O)[nH]c1=O. The third kappa shape index (κ3) is 5.20. The molecule has 0 bridgehead atoms. The molecule has 11 heteroatoms. The topological polar surface area (TPSA) is 157 Å². The number of amides is 1. The number of carbonyl (C=O) groups is 1. The third-order valence-electron chi connectivity index (χ3n) is 6.48. The molecular weight excluding hydrogens is 426 g/mol. The first-order valence-electron chi connectivity index (χ1n) is 10.7. The van der Waals surface area contributed by atoms with Gasteiger partial charge in [0.2, 0.25) is 5.91 Å². The molecule has 0 aromatic carbocycles. The number of H-pyrrole nitrogens is 1. The van der Waals surface area contributed by atoms with E-state index in [1.807, 2.05) is 0 Å². The molecule has 1 aromatic rings. The molecule has 1 spiro atoms. The average molecular weight is 458 g/mol. The molecule has 3 rings (SSSR count). The number of hydrogen-bond acceptors (Lipinski definition) is 7. The van der Waals surface area contributed by atoms with E-state index in [-0.39, 0.29) is 17.5 Å². The van der Waals surface area contributed by atoms with Gasteiger partial charge in [-0.05, 0) is 39.2 Å². The summed E-state index contributed by atoms with van der Waals surface area (Å²) in [5.41, 5.74) is 8.36. The van der Waals surface area contributed by atoms with Crippen LogP contribution in [0.5, 0.6) is 0 Å². The van der Waals surface area contributed by atoms with E-state index < -0.39 is 34.5 Å². The zero-order chi connectivity index (χ0) is 22.8. The van der Waals surface area contributed by atoms with E-state index in [4.69, 9.17) is 27.8 Å². The lowest BCUT2D eigenvalue weighted by Crippen LogP contribution is -2.60. The first-order chi connectivity index (χ1) is 14.6. The lowest BCUT2D eigenvalue weighted by Gasteiger charge is -2.51. The van der Waals surface area contributed by atoms with Crippen LogP contribution in [0.3, 0.4) is 0 Å². The van der Waals surface area contributed by atoms with Crippen molar-refractivity contribution in [1.82, 2.24) is 14.5 Å². The van der Waals surface area contributed by atoms with E-state index in [1.54, 1.807) is 11.8 Å². The highest BCUT2D eigenvalue weighted by Gasteiger charge is 2.50. The van der Waals surface area contributed by atoms with Crippen molar-refractivity contribution in [3.05, 3.63) is 32.1 Å². The van der Waals surface area contributed by atoms with Crippen molar-refractivity contribution in [2.24, 2.45) is 11.5 Å². The Morgan fingerprint density at radius 1 is 1.39 bits per heavy atom. The number of carbonyl (C=O) groups excluding carboxylic acids is 1. The van der Waals surface area contributed by atoms with Gasteiger partial charge in [-0.15, -0.1) is 0 Å². The van der Waals surface area contributed by atoms with Gasteiger partial charge in [0.25, 0.3) is 5.56 Å². The minimum atomic E-state index is -1.27. The Morgan fingerprint density at radius 3 is 2.68 bits per heavy atom. The zero-order valence-corrected chi connectivity index (χ0v) is 18.6. The van der Waals surface area contributed by atoms with E-state index in [1.165, 1.54) is 10.8 Å². The molecule has 31 heavy (non-hydrogen) atoms. The van der Waals surface area contributed by atoms with E-state index >= 15 is 0 Å². The first-order valence-corrected chi connectivity index (χ1v) is 11.1. The number of nitrogens with one attached hydrogen (secondary N) is 1. The lowest BCUT2D eigenvalue weighted by atomic mass is 9.75. The normalized spacial score (nSPS) is 26.7. The number of aromatic nitrogens is 2. The number of likely N-dealkylation sites (tertiary alicyclic amines) is 1. The molecule has 174 valence electrons. The number of aromatic amines is 1. The van der Waals surface area contributed by atoms with Crippen LogP contribution in [-0.4, -0.2) is 68.9 Å². The monoisotopic (exact) mass is 457 g/mol. The Balaban J connectivity index is 1.64. The van der Waals surface area contributed by atoms with Gasteiger partial charge in [-0.1, -0.05) is 18.0 Å². The summed E-state index contributed by atoms with van der Waals surface area (Å²) in [6, 6.07) is -1.23. The van der Waals surface area contributed by atoms with Crippen molar-refractivity contribution in [2.45, 2.75) is 68.7 Å². The van der Waals surface area contributed by atoms with E-state index in [9.17, 15) is 19.5 Å². The summed E-state index contributed by atoms with van der Waals surface area (Å²) in [5.74, 6) is -0.0678. The summed E-state index contributed by atoms with van der Waals surface area (Å²) in [6.45, 7) is 3.31. The van der Waals surface area contributed by atoms with Gasteiger partial charge in [0.15, 0.2) is 0 Å². The second kappa shape index (κ2) is 9.41. The van der Waals surface area contributed by atoms with Crippen LogP contribution in [0.1, 0.15) is 51.5 Å². The van der Waals surface area contributed by atoms with Crippen LogP contribution >= 0.6 is 11.6 Å². The molecular formula is C20H32ClN5O5. The Morgan fingerprint density at radius 2 is 2.06 bits per heavy atom. The first kappa shape index (κ1) is 23.9. The van der Waals surface area contributed by atoms with Gasteiger partial charge in [-0.3, -0.25) is 19.1 Å². The average Bonchev–Trinajstić information content (AvgIpc) is 2.71. The summed E-state index contributed by atoms with van der Waals surface area (Å²) in [6.07, 6.45) is 4.94. The fourth-order valence-corrected chi connectivity index (χ4v) is 4.80. The van der Waals surface area contributed by atoms with Crippen LogP contribution in [0, 0.1) is 0 Å². The lowest BCUT2D eigenvalue weighted by molar-refractivity contribution is -0.198. The quantitative estimate of drug-likeness (QED) is 0.428. The van der Waals surface area contributed by atoms with Gasteiger partial charge in [0.05, 0.1) is 29.9 Å². The van der Waals surface area contributed by atoms with Crippen molar-refractivity contribution in [1.29, 1.82) is 0 Å². The maximum absolute atomic E-state index is 12.6. The van der Waals surface area contributed by atoms with Crippen LogP contribution in [0.15, 0.2) is 15.8 Å². The van der Waals surface area contributed by atoms with E-state index in [2.05, 4.69) is 4.98 Å². The van der Waals surface area contributed by atoms with Crippen LogP contribution in [0.25, 0.3) is 0 Å². The summed E-state index contributed by atoms with van der Waals surface area (Å²) in [4.78, 5) is 40.3. The number of aliphatic hydroxyl groups is 1. The number of unbranched alkanes of at least 4 members (excludes halogenated alkanes) is 1. The maximum atomic E-state index is 12.6. The van der Waals surface area contributed by atoms with Gasteiger partial charge in [0, 0.05) is 25.7 Å². The predicted octanol–water partition coefficient (Wildman–Crippen LogP) is -0.280. The molecule has 0 radical (unpaired) electrons. The van der Waals surface area contributed by atoms with Crippen LogP contribution in [0.2, 0.25) is 5.02 Å². The number of piperidine rings is 1. The smallest absolute Gasteiger partial charge is 0.328 e. The zero-order valence-electron chi connectivity index (χ0n) is 17.8. The third-order valence-corrected chi connectivity index (χ3v) is 6.75. The van der Waals surface area contributed by atoms with Crippen LogP contribution < -0.4 is 22.7 Å². The fourth-order valence-electron chi connectivity index (χ4n) is 4.65. The summed E-state index contributed by atoms with van der Waals surface area (Å²) in [5, 5.41) is 11.1. The second-order valence-corrected chi connectivity index (χ2v) is 9.31. The molecule has 1 amide bonds. The second-order valence-electron chi connectivity index (χ2n) is 8.90. The van der Waals surface area contributed by atoms with Gasteiger partial charge >= 0.3 is 5.69 Å². The Bertz CT molecular complexity index is 906. The Kier molecular flexibility index (Phi) is 7.27. The number of ether oxygens (including phenoxy) is 1. The summed E-state index contributed by atoms with van der Waals surface area (Å²) in [7, 11) is 0. The number of hydrogen-bond donors (Lipinski definition) is 4. The number of rotatable bonds is 6. The maximum Gasteiger partial charge on any atom is 0.328 e. The minimum absolute atomic E-state index is 0.0678. The Labute approximate surface area is 185 Å². The van der Waals surface area contributed by atoms with Gasteiger partial charge in [0.1, 0.15) is 5.02 Å².